The van der Waals surface area contributed by atoms with Gasteiger partial charge in [0, 0.05) is 0 Å². The molecule has 1 rings (SSSR count). The summed E-state index contributed by atoms with van der Waals surface area (Å²) in [5.74, 6) is 0.370. The highest BCUT2D eigenvalue weighted by molar-refractivity contribution is 5.82. The van der Waals surface area contributed by atoms with Gasteiger partial charge in [-0.1, -0.05) is 0 Å². The molecule has 0 aromatic heterocycles. The zero-order valence-corrected chi connectivity index (χ0v) is 7.40. The van der Waals surface area contributed by atoms with Crippen LogP contribution in [0.1, 0.15) is 10.4 Å². The molecule has 4 nitrogen and oxygen atoms in total. The third kappa shape index (κ3) is 1.56. The lowest BCUT2D eigenvalue weighted by atomic mass is 10.2. The van der Waals surface area contributed by atoms with Crippen molar-refractivity contribution in [2.75, 3.05) is 14.2 Å². The maximum atomic E-state index is 10.5. The number of methoxy groups -OCH3 is 2. The van der Waals surface area contributed by atoms with Gasteiger partial charge in [-0.05, 0) is 12.1 Å². The van der Waals surface area contributed by atoms with Crippen LogP contribution >= 0.6 is 0 Å². The molecule has 1 aromatic rings. The molecule has 4 heteroatoms. The highest BCUT2D eigenvalue weighted by atomic mass is 16.5. The minimum absolute atomic E-state index is 0.0510. The van der Waals surface area contributed by atoms with Crippen molar-refractivity contribution in [1.82, 2.24) is 0 Å². The second-order valence-electron chi connectivity index (χ2n) is 2.36. The van der Waals surface area contributed by atoms with Crippen LogP contribution < -0.4 is 9.47 Å². The second-order valence-corrected chi connectivity index (χ2v) is 2.36. The standard InChI is InChI=1S/C9H10O4/c1-12-8-6(5-10)3-4-7(11)9(8)13-2/h3-5,11H,1-2H3. The molecule has 0 saturated carbocycles. The fourth-order valence-electron chi connectivity index (χ4n) is 1.07. The third-order valence-electron chi connectivity index (χ3n) is 1.66. The van der Waals surface area contributed by atoms with Crippen molar-refractivity contribution < 1.29 is 19.4 Å². The van der Waals surface area contributed by atoms with E-state index in [2.05, 4.69) is 0 Å². The number of carbonyl (C=O) groups is 1. The molecule has 1 aromatic carbocycles. The van der Waals surface area contributed by atoms with Gasteiger partial charge in [0.05, 0.1) is 19.8 Å². The number of phenolic OH excluding ortho intramolecular Hbond substituents is 1. The van der Waals surface area contributed by atoms with Crippen LogP contribution in [-0.2, 0) is 0 Å². The van der Waals surface area contributed by atoms with Crippen molar-refractivity contribution >= 4 is 6.29 Å². The molecule has 0 fully saturated rings. The van der Waals surface area contributed by atoms with Crippen molar-refractivity contribution in [3.63, 3.8) is 0 Å². The number of aromatic hydroxyl groups is 1. The number of hydrogen-bond donors (Lipinski definition) is 1. The molecule has 0 saturated heterocycles. The van der Waals surface area contributed by atoms with Gasteiger partial charge in [0.25, 0.3) is 0 Å². The summed E-state index contributed by atoms with van der Waals surface area (Å²) < 4.78 is 9.80. The summed E-state index contributed by atoms with van der Waals surface area (Å²) in [5.41, 5.74) is 0.345. The molecular weight excluding hydrogens is 172 g/mol. The molecule has 0 unspecified atom stereocenters. The van der Waals surface area contributed by atoms with E-state index >= 15 is 0 Å². The highest BCUT2D eigenvalue weighted by Gasteiger charge is 2.13. The summed E-state index contributed by atoms with van der Waals surface area (Å²) in [6.07, 6.45) is 0.640. The van der Waals surface area contributed by atoms with E-state index in [0.29, 0.717) is 11.8 Å². The van der Waals surface area contributed by atoms with Gasteiger partial charge in [0.15, 0.2) is 17.8 Å². The number of carbonyl (C=O) groups excluding carboxylic acids is 1. The molecule has 0 radical (unpaired) electrons. The molecule has 0 spiro atoms. The first-order valence-electron chi connectivity index (χ1n) is 3.63. The van der Waals surface area contributed by atoms with Gasteiger partial charge in [-0.25, -0.2) is 0 Å². The fraction of sp³-hybridized carbons (Fsp3) is 0.222. The summed E-state index contributed by atoms with van der Waals surface area (Å²) in [7, 11) is 2.80. The van der Waals surface area contributed by atoms with Crippen molar-refractivity contribution in [3.05, 3.63) is 17.7 Å². The summed E-state index contributed by atoms with van der Waals surface area (Å²) in [5, 5.41) is 9.32. The number of hydrogen-bond acceptors (Lipinski definition) is 4. The molecule has 0 aliphatic carbocycles. The first-order valence-corrected chi connectivity index (χ1v) is 3.63. The molecule has 0 atom stereocenters. The fourth-order valence-corrected chi connectivity index (χ4v) is 1.07. The molecule has 0 bridgehead atoms. The predicted molar refractivity (Wildman–Crippen MR) is 46.6 cm³/mol. The Morgan fingerprint density at radius 1 is 1.23 bits per heavy atom. The Labute approximate surface area is 75.7 Å². The van der Waals surface area contributed by atoms with Crippen LogP contribution in [0, 0.1) is 0 Å². The first kappa shape index (κ1) is 9.38. The molecule has 0 aliphatic heterocycles. The zero-order valence-electron chi connectivity index (χ0n) is 7.40. The second kappa shape index (κ2) is 3.80. The smallest absolute Gasteiger partial charge is 0.203 e. The monoisotopic (exact) mass is 182 g/mol. The van der Waals surface area contributed by atoms with Gasteiger partial charge in [0.2, 0.25) is 5.75 Å². The average Bonchev–Trinajstić information content (AvgIpc) is 2.17. The van der Waals surface area contributed by atoms with E-state index in [1.807, 2.05) is 0 Å². The van der Waals surface area contributed by atoms with Gasteiger partial charge in [0.1, 0.15) is 0 Å². The van der Waals surface area contributed by atoms with Crippen molar-refractivity contribution in [3.8, 4) is 17.2 Å². The number of phenols is 1. The van der Waals surface area contributed by atoms with E-state index in [1.165, 1.54) is 26.4 Å². The summed E-state index contributed by atoms with van der Waals surface area (Å²) in [4.78, 5) is 10.5. The number of ether oxygens (including phenoxy) is 2. The SMILES string of the molecule is COc1c(O)ccc(C=O)c1OC. The maximum absolute atomic E-state index is 10.5. The largest absolute Gasteiger partial charge is 0.504 e. The summed E-state index contributed by atoms with van der Waals surface area (Å²) in [6, 6.07) is 2.84. The van der Waals surface area contributed by atoms with Gasteiger partial charge in [-0.2, -0.15) is 0 Å². The van der Waals surface area contributed by atoms with Crippen molar-refractivity contribution in [1.29, 1.82) is 0 Å². The summed E-state index contributed by atoms with van der Waals surface area (Å²) in [6.45, 7) is 0. The Hall–Kier alpha value is -1.71. The Kier molecular flexibility index (Phi) is 2.74. The topological polar surface area (TPSA) is 55.8 Å². The molecule has 13 heavy (non-hydrogen) atoms. The van der Waals surface area contributed by atoms with Gasteiger partial charge >= 0.3 is 0 Å². The third-order valence-corrected chi connectivity index (χ3v) is 1.66. The Morgan fingerprint density at radius 2 is 1.85 bits per heavy atom. The lowest BCUT2D eigenvalue weighted by molar-refractivity contribution is 0.112. The molecule has 0 aliphatic rings. The van der Waals surface area contributed by atoms with E-state index in [0.717, 1.165) is 0 Å². The van der Waals surface area contributed by atoms with Crippen molar-refractivity contribution in [2.24, 2.45) is 0 Å². The van der Waals surface area contributed by atoms with Crippen molar-refractivity contribution in [2.45, 2.75) is 0 Å². The van der Waals surface area contributed by atoms with Crippen LogP contribution in [0.3, 0.4) is 0 Å². The molecular formula is C9H10O4. The highest BCUT2D eigenvalue weighted by Crippen LogP contribution is 2.37. The van der Waals surface area contributed by atoms with E-state index in [1.54, 1.807) is 0 Å². The normalized spacial score (nSPS) is 9.38. The Morgan fingerprint density at radius 3 is 2.31 bits per heavy atom. The Bertz CT molecular complexity index is 320. The number of benzene rings is 1. The molecule has 1 N–H and O–H groups in total. The van der Waals surface area contributed by atoms with E-state index in [9.17, 15) is 9.90 Å². The van der Waals surface area contributed by atoms with Crippen LogP contribution in [0.5, 0.6) is 17.2 Å². The van der Waals surface area contributed by atoms with Gasteiger partial charge < -0.3 is 14.6 Å². The van der Waals surface area contributed by atoms with E-state index in [-0.39, 0.29) is 17.2 Å². The van der Waals surface area contributed by atoms with Crippen LogP contribution in [0.4, 0.5) is 0 Å². The molecule has 70 valence electrons. The molecule has 0 heterocycles. The maximum Gasteiger partial charge on any atom is 0.203 e. The van der Waals surface area contributed by atoms with Gasteiger partial charge in [-0.15, -0.1) is 0 Å². The van der Waals surface area contributed by atoms with Crippen LogP contribution in [0.2, 0.25) is 0 Å². The first-order chi connectivity index (χ1) is 6.24. The average molecular weight is 182 g/mol. The predicted octanol–water partition coefficient (Wildman–Crippen LogP) is 1.22. The van der Waals surface area contributed by atoms with Crippen LogP contribution in [0.25, 0.3) is 0 Å². The minimum atomic E-state index is -0.0510. The lowest BCUT2D eigenvalue weighted by Gasteiger charge is -2.10. The summed E-state index contributed by atoms with van der Waals surface area (Å²) >= 11 is 0. The zero-order chi connectivity index (χ0) is 9.84. The lowest BCUT2D eigenvalue weighted by Crippen LogP contribution is -1.95. The molecule has 0 amide bonds. The quantitative estimate of drug-likeness (QED) is 0.714. The van der Waals surface area contributed by atoms with E-state index < -0.39 is 0 Å². The van der Waals surface area contributed by atoms with Crippen LogP contribution in [0.15, 0.2) is 12.1 Å². The minimum Gasteiger partial charge on any atom is -0.504 e. The van der Waals surface area contributed by atoms with E-state index in [4.69, 9.17) is 9.47 Å². The van der Waals surface area contributed by atoms with Gasteiger partial charge in [-0.3, -0.25) is 4.79 Å². The number of rotatable bonds is 3. The number of aldehydes is 1. The van der Waals surface area contributed by atoms with Crippen LogP contribution in [-0.4, -0.2) is 25.6 Å². The Balaban J connectivity index is 3.35.